The summed E-state index contributed by atoms with van der Waals surface area (Å²) < 4.78 is 10.8. The monoisotopic (exact) mass is 337 g/mol. The molecule has 0 spiro atoms. The van der Waals surface area contributed by atoms with Crippen LogP contribution in [0.4, 0.5) is 0 Å². The van der Waals surface area contributed by atoms with Crippen molar-refractivity contribution in [1.29, 1.82) is 0 Å². The maximum absolute atomic E-state index is 12.1. The van der Waals surface area contributed by atoms with Crippen LogP contribution in [0.2, 0.25) is 0 Å². The highest BCUT2D eigenvalue weighted by Gasteiger charge is 2.26. The quantitative estimate of drug-likeness (QED) is 0.669. The molecule has 1 aliphatic heterocycles. The van der Waals surface area contributed by atoms with Gasteiger partial charge in [-0.15, -0.1) is 0 Å². The number of nitrogens with zero attached hydrogens (tertiary/aromatic N) is 1. The summed E-state index contributed by atoms with van der Waals surface area (Å²) in [5.74, 6) is -0.804. The zero-order chi connectivity index (χ0) is 17.8. The molecule has 0 amide bonds. The molecule has 0 unspecified atom stereocenters. The van der Waals surface area contributed by atoms with Crippen LogP contribution in [-0.2, 0) is 9.53 Å². The van der Waals surface area contributed by atoms with Gasteiger partial charge in [-0.25, -0.2) is 14.6 Å². The number of hydrogen-bond donors (Lipinski definition) is 1. The van der Waals surface area contributed by atoms with Crippen LogP contribution in [0.1, 0.15) is 28.4 Å². The number of hydrogen-bond acceptors (Lipinski definition) is 5. The topological polar surface area (TPSA) is 85.2 Å². The van der Waals surface area contributed by atoms with Gasteiger partial charge in [0.2, 0.25) is 5.90 Å². The number of para-hydroxylation sites is 1. The molecule has 0 bridgehead atoms. The second kappa shape index (κ2) is 7.00. The number of ether oxygens (including phenoxy) is 2. The highest BCUT2D eigenvalue weighted by molar-refractivity contribution is 6.13. The van der Waals surface area contributed by atoms with Crippen molar-refractivity contribution in [2.75, 3.05) is 6.61 Å². The summed E-state index contributed by atoms with van der Waals surface area (Å²) in [4.78, 5) is 27.2. The molecule has 1 aliphatic rings. The van der Waals surface area contributed by atoms with E-state index >= 15 is 0 Å². The normalized spacial score (nSPS) is 15.0. The Hall–Kier alpha value is -3.41. The average Bonchev–Trinajstić information content (AvgIpc) is 2.97. The second-order valence-electron chi connectivity index (χ2n) is 5.19. The summed E-state index contributed by atoms with van der Waals surface area (Å²) >= 11 is 0. The molecular formula is C19H15NO5. The molecule has 6 heteroatoms. The lowest BCUT2D eigenvalue weighted by Crippen LogP contribution is -2.07. The van der Waals surface area contributed by atoms with E-state index in [0.717, 1.165) is 0 Å². The number of carbonyl (C=O) groups excluding carboxylic acids is 1. The van der Waals surface area contributed by atoms with Gasteiger partial charge in [-0.1, -0.05) is 24.3 Å². The number of esters is 1. The Balaban J connectivity index is 1.91. The summed E-state index contributed by atoms with van der Waals surface area (Å²) in [7, 11) is 0. The molecule has 1 heterocycles. The van der Waals surface area contributed by atoms with E-state index in [-0.39, 0.29) is 17.2 Å². The average molecular weight is 337 g/mol. The number of cyclic esters (lactones) is 1. The lowest BCUT2D eigenvalue weighted by atomic mass is 10.1. The van der Waals surface area contributed by atoms with Gasteiger partial charge in [-0.05, 0) is 42.8 Å². The standard InChI is InChI=1S/C19H15NO5/c1-2-24-16-6-4-3-5-14(16)17-20-15(19(23)25-17)11-12-7-9-13(10-8-12)18(21)22/h3-11H,2H2,1H3,(H,21,22)/b15-11-. The van der Waals surface area contributed by atoms with Crippen molar-refractivity contribution in [2.24, 2.45) is 4.99 Å². The van der Waals surface area contributed by atoms with Crippen molar-refractivity contribution in [3.05, 3.63) is 70.9 Å². The van der Waals surface area contributed by atoms with Gasteiger partial charge in [0.25, 0.3) is 0 Å². The van der Waals surface area contributed by atoms with Crippen LogP contribution >= 0.6 is 0 Å². The zero-order valence-electron chi connectivity index (χ0n) is 13.4. The minimum atomic E-state index is -1.01. The number of rotatable bonds is 5. The summed E-state index contributed by atoms with van der Waals surface area (Å²) in [6, 6.07) is 13.3. The highest BCUT2D eigenvalue weighted by Crippen LogP contribution is 2.25. The van der Waals surface area contributed by atoms with E-state index in [9.17, 15) is 9.59 Å². The van der Waals surface area contributed by atoms with E-state index in [1.807, 2.05) is 13.0 Å². The summed E-state index contributed by atoms with van der Waals surface area (Å²) in [5, 5.41) is 8.91. The first-order chi connectivity index (χ1) is 12.1. The Labute approximate surface area is 144 Å². The molecule has 25 heavy (non-hydrogen) atoms. The van der Waals surface area contributed by atoms with Crippen molar-refractivity contribution in [2.45, 2.75) is 6.92 Å². The number of benzene rings is 2. The van der Waals surface area contributed by atoms with Crippen LogP contribution in [0.15, 0.2) is 59.2 Å². The lowest BCUT2D eigenvalue weighted by molar-refractivity contribution is -0.129. The largest absolute Gasteiger partial charge is 0.493 e. The van der Waals surface area contributed by atoms with E-state index in [1.54, 1.807) is 36.4 Å². The first-order valence-corrected chi connectivity index (χ1v) is 7.66. The first-order valence-electron chi connectivity index (χ1n) is 7.66. The lowest BCUT2D eigenvalue weighted by Gasteiger charge is -2.08. The van der Waals surface area contributed by atoms with Crippen molar-refractivity contribution >= 4 is 23.9 Å². The van der Waals surface area contributed by atoms with Gasteiger partial charge in [0.1, 0.15) is 5.75 Å². The number of aromatic carboxylic acids is 1. The highest BCUT2D eigenvalue weighted by atomic mass is 16.6. The summed E-state index contributed by atoms with van der Waals surface area (Å²) in [6.45, 7) is 2.35. The van der Waals surface area contributed by atoms with Gasteiger partial charge in [0.15, 0.2) is 5.70 Å². The third-order valence-corrected chi connectivity index (χ3v) is 3.50. The Morgan fingerprint density at radius 2 is 1.92 bits per heavy atom. The van der Waals surface area contributed by atoms with Gasteiger partial charge in [0.05, 0.1) is 17.7 Å². The second-order valence-corrected chi connectivity index (χ2v) is 5.19. The SMILES string of the molecule is CCOc1ccccc1C1=N/C(=C\c2ccc(C(=O)O)cc2)C(=O)O1. The molecule has 0 aromatic heterocycles. The van der Waals surface area contributed by atoms with Crippen molar-refractivity contribution in [3.8, 4) is 5.75 Å². The zero-order valence-corrected chi connectivity index (χ0v) is 13.4. The van der Waals surface area contributed by atoms with Crippen molar-refractivity contribution in [3.63, 3.8) is 0 Å². The number of carboxylic acids is 1. The maximum Gasteiger partial charge on any atom is 0.363 e. The maximum atomic E-state index is 12.1. The van der Waals surface area contributed by atoms with Crippen LogP contribution in [0.5, 0.6) is 5.75 Å². The van der Waals surface area contributed by atoms with Gasteiger partial charge < -0.3 is 14.6 Å². The smallest absolute Gasteiger partial charge is 0.363 e. The van der Waals surface area contributed by atoms with Crippen LogP contribution in [0.3, 0.4) is 0 Å². The van der Waals surface area contributed by atoms with E-state index in [4.69, 9.17) is 14.6 Å². The fourth-order valence-corrected chi connectivity index (χ4v) is 2.33. The van der Waals surface area contributed by atoms with Crippen LogP contribution in [0, 0.1) is 0 Å². The van der Waals surface area contributed by atoms with Gasteiger partial charge >= 0.3 is 11.9 Å². The molecule has 0 aliphatic carbocycles. The van der Waals surface area contributed by atoms with Gasteiger partial charge in [-0.2, -0.15) is 0 Å². The van der Waals surface area contributed by atoms with Crippen molar-refractivity contribution < 1.29 is 24.2 Å². The predicted octanol–water partition coefficient (Wildman–Crippen LogP) is 3.13. The van der Waals surface area contributed by atoms with Crippen LogP contribution in [0.25, 0.3) is 6.08 Å². The minimum absolute atomic E-state index is 0.143. The third kappa shape index (κ3) is 3.58. The fraction of sp³-hybridized carbons (Fsp3) is 0.105. The van der Waals surface area contributed by atoms with E-state index < -0.39 is 11.9 Å². The Kier molecular flexibility index (Phi) is 4.61. The molecule has 1 N–H and O–H groups in total. The Bertz CT molecular complexity index is 881. The molecular weight excluding hydrogens is 322 g/mol. The molecule has 2 aromatic carbocycles. The van der Waals surface area contributed by atoms with Crippen molar-refractivity contribution in [1.82, 2.24) is 0 Å². The Morgan fingerprint density at radius 3 is 2.60 bits per heavy atom. The molecule has 0 atom stereocenters. The van der Waals surface area contributed by atoms with E-state index in [0.29, 0.717) is 23.5 Å². The van der Waals surface area contributed by atoms with Gasteiger partial charge in [0, 0.05) is 0 Å². The number of carbonyl (C=O) groups is 2. The first kappa shape index (κ1) is 16.4. The van der Waals surface area contributed by atoms with E-state index in [1.165, 1.54) is 12.1 Å². The molecule has 0 radical (unpaired) electrons. The van der Waals surface area contributed by atoms with Crippen LogP contribution < -0.4 is 4.74 Å². The number of aliphatic imine (C=N–C) groups is 1. The fourth-order valence-electron chi connectivity index (χ4n) is 2.33. The van der Waals surface area contributed by atoms with Crippen LogP contribution in [-0.4, -0.2) is 29.5 Å². The molecule has 0 fully saturated rings. The molecule has 6 nitrogen and oxygen atoms in total. The Morgan fingerprint density at radius 1 is 1.20 bits per heavy atom. The molecule has 0 saturated heterocycles. The number of carboxylic acid groups (broad SMARTS) is 1. The summed E-state index contributed by atoms with van der Waals surface area (Å²) in [6.07, 6.45) is 1.55. The predicted molar refractivity (Wildman–Crippen MR) is 91.6 cm³/mol. The summed E-state index contributed by atoms with van der Waals surface area (Å²) in [5.41, 5.74) is 1.57. The molecule has 3 rings (SSSR count). The molecule has 0 saturated carbocycles. The third-order valence-electron chi connectivity index (χ3n) is 3.50. The minimum Gasteiger partial charge on any atom is -0.493 e. The van der Waals surface area contributed by atoms with Gasteiger partial charge in [-0.3, -0.25) is 0 Å². The van der Waals surface area contributed by atoms with E-state index in [2.05, 4.69) is 4.99 Å². The molecule has 126 valence electrons. The molecule has 2 aromatic rings.